The number of carbonyl (C=O) groups excluding carboxylic acids is 2. The van der Waals surface area contributed by atoms with Crippen molar-refractivity contribution in [3.8, 4) is 0 Å². The molecule has 2 rings (SSSR count). The molecule has 0 bridgehead atoms. The first kappa shape index (κ1) is 14.8. The Kier molecular flexibility index (Phi) is 4.38. The number of carbonyl (C=O) groups is 2. The molecule has 4 heteroatoms. The van der Waals surface area contributed by atoms with Crippen LogP contribution in [0.5, 0.6) is 0 Å². The predicted molar refractivity (Wildman–Crippen MR) is 84.6 cm³/mol. The molecule has 0 aliphatic rings. The van der Waals surface area contributed by atoms with Gasteiger partial charge in [0.1, 0.15) is 0 Å². The van der Waals surface area contributed by atoms with E-state index < -0.39 is 0 Å². The van der Waals surface area contributed by atoms with Crippen molar-refractivity contribution in [2.75, 3.05) is 10.6 Å². The largest absolute Gasteiger partial charge is 0.326 e. The molecular formula is C17H18N2O2. The summed E-state index contributed by atoms with van der Waals surface area (Å²) in [7, 11) is 0. The predicted octanol–water partition coefficient (Wildman–Crippen LogP) is 3.51. The highest BCUT2D eigenvalue weighted by atomic mass is 16.2. The quantitative estimate of drug-likeness (QED) is 0.905. The standard InChI is InChI=1S/C17H18N2O2/c1-11-5-4-6-16(12(11)2)19-17(21)14-7-9-15(10-8-14)18-13(3)20/h4-10H,1-3H3,(H,18,20)(H,19,21). The van der Waals surface area contributed by atoms with Crippen LogP contribution in [0.4, 0.5) is 11.4 Å². The van der Waals surface area contributed by atoms with Gasteiger partial charge >= 0.3 is 0 Å². The Hall–Kier alpha value is -2.62. The van der Waals surface area contributed by atoms with Crippen LogP contribution in [0.3, 0.4) is 0 Å². The van der Waals surface area contributed by atoms with Crippen molar-refractivity contribution in [2.24, 2.45) is 0 Å². The number of nitrogens with one attached hydrogen (secondary N) is 2. The molecule has 0 atom stereocenters. The summed E-state index contributed by atoms with van der Waals surface area (Å²) >= 11 is 0. The van der Waals surface area contributed by atoms with Gasteiger partial charge in [0.05, 0.1) is 0 Å². The lowest BCUT2D eigenvalue weighted by molar-refractivity contribution is -0.114. The first-order valence-electron chi connectivity index (χ1n) is 6.72. The monoisotopic (exact) mass is 282 g/mol. The van der Waals surface area contributed by atoms with Crippen LogP contribution >= 0.6 is 0 Å². The average molecular weight is 282 g/mol. The Bertz CT molecular complexity index is 676. The summed E-state index contributed by atoms with van der Waals surface area (Å²) in [6.45, 7) is 5.43. The first-order chi connectivity index (χ1) is 9.97. The molecule has 4 nitrogen and oxygen atoms in total. The maximum absolute atomic E-state index is 12.2. The van der Waals surface area contributed by atoms with Crippen molar-refractivity contribution in [1.29, 1.82) is 0 Å². The van der Waals surface area contributed by atoms with E-state index in [1.54, 1.807) is 24.3 Å². The van der Waals surface area contributed by atoms with E-state index in [-0.39, 0.29) is 11.8 Å². The molecule has 0 heterocycles. The molecule has 2 aromatic rings. The highest BCUT2D eigenvalue weighted by Crippen LogP contribution is 2.19. The maximum atomic E-state index is 12.2. The van der Waals surface area contributed by atoms with Crippen LogP contribution in [0.15, 0.2) is 42.5 Å². The number of hydrogen-bond donors (Lipinski definition) is 2. The van der Waals surface area contributed by atoms with Gasteiger partial charge in [-0.1, -0.05) is 12.1 Å². The van der Waals surface area contributed by atoms with Crippen LogP contribution in [0.2, 0.25) is 0 Å². The molecule has 0 saturated heterocycles. The molecule has 108 valence electrons. The number of amides is 2. The number of rotatable bonds is 3. The van der Waals surface area contributed by atoms with Crippen molar-refractivity contribution in [3.63, 3.8) is 0 Å². The Morgan fingerprint density at radius 2 is 1.57 bits per heavy atom. The smallest absolute Gasteiger partial charge is 0.255 e. The summed E-state index contributed by atoms with van der Waals surface area (Å²) in [6.07, 6.45) is 0. The average Bonchev–Trinajstić information content (AvgIpc) is 2.44. The minimum absolute atomic E-state index is 0.136. The van der Waals surface area contributed by atoms with Crippen molar-refractivity contribution in [3.05, 3.63) is 59.2 Å². The molecule has 0 aliphatic heterocycles. The second kappa shape index (κ2) is 6.22. The van der Waals surface area contributed by atoms with E-state index in [4.69, 9.17) is 0 Å². The molecule has 2 amide bonds. The lowest BCUT2D eigenvalue weighted by atomic mass is 10.1. The molecule has 21 heavy (non-hydrogen) atoms. The van der Waals surface area contributed by atoms with Gasteiger partial charge in [-0.05, 0) is 55.3 Å². The molecule has 0 saturated carbocycles. The fraction of sp³-hybridized carbons (Fsp3) is 0.176. The van der Waals surface area contributed by atoms with Crippen LogP contribution in [-0.2, 0) is 4.79 Å². The van der Waals surface area contributed by atoms with E-state index >= 15 is 0 Å². The SMILES string of the molecule is CC(=O)Nc1ccc(C(=O)Nc2cccc(C)c2C)cc1. The van der Waals surface area contributed by atoms with Crippen molar-refractivity contribution >= 4 is 23.2 Å². The molecule has 2 aromatic carbocycles. The van der Waals surface area contributed by atoms with Crippen LogP contribution < -0.4 is 10.6 Å². The summed E-state index contributed by atoms with van der Waals surface area (Å²) in [5.74, 6) is -0.305. The number of hydrogen-bond acceptors (Lipinski definition) is 2. The molecule has 0 spiro atoms. The number of aryl methyl sites for hydroxylation is 1. The van der Waals surface area contributed by atoms with E-state index in [0.29, 0.717) is 11.3 Å². The molecule has 0 aromatic heterocycles. The van der Waals surface area contributed by atoms with Gasteiger partial charge in [-0.15, -0.1) is 0 Å². The lowest BCUT2D eigenvalue weighted by Crippen LogP contribution is -2.13. The zero-order valence-corrected chi connectivity index (χ0v) is 12.4. The van der Waals surface area contributed by atoms with Crippen molar-refractivity contribution < 1.29 is 9.59 Å². The number of benzene rings is 2. The van der Waals surface area contributed by atoms with E-state index in [9.17, 15) is 9.59 Å². The van der Waals surface area contributed by atoms with E-state index in [2.05, 4.69) is 10.6 Å². The van der Waals surface area contributed by atoms with Crippen LogP contribution in [0, 0.1) is 13.8 Å². The Labute approximate surface area is 124 Å². The zero-order chi connectivity index (χ0) is 15.4. The highest BCUT2D eigenvalue weighted by molar-refractivity contribution is 6.05. The summed E-state index contributed by atoms with van der Waals surface area (Å²) in [5, 5.41) is 5.57. The minimum atomic E-state index is -0.168. The molecular weight excluding hydrogens is 264 g/mol. The summed E-state index contributed by atoms with van der Waals surface area (Å²) < 4.78 is 0. The van der Waals surface area contributed by atoms with Crippen molar-refractivity contribution in [2.45, 2.75) is 20.8 Å². The summed E-state index contributed by atoms with van der Waals surface area (Å²) in [5.41, 5.74) is 4.22. The Morgan fingerprint density at radius 1 is 0.905 bits per heavy atom. The normalized spacial score (nSPS) is 10.0. The molecule has 0 aliphatic carbocycles. The molecule has 0 fully saturated rings. The van der Waals surface area contributed by atoms with E-state index in [1.807, 2.05) is 32.0 Å². The number of anilines is 2. The minimum Gasteiger partial charge on any atom is -0.326 e. The third kappa shape index (κ3) is 3.69. The molecule has 0 unspecified atom stereocenters. The van der Waals surface area contributed by atoms with Gasteiger partial charge in [0.15, 0.2) is 0 Å². The Balaban J connectivity index is 2.13. The summed E-state index contributed by atoms with van der Waals surface area (Å²) in [6, 6.07) is 12.6. The second-order valence-corrected chi connectivity index (χ2v) is 4.96. The van der Waals surface area contributed by atoms with Gasteiger partial charge in [0.2, 0.25) is 5.91 Å². The lowest BCUT2D eigenvalue weighted by Gasteiger charge is -2.10. The van der Waals surface area contributed by atoms with Crippen LogP contribution in [-0.4, -0.2) is 11.8 Å². The highest BCUT2D eigenvalue weighted by Gasteiger charge is 2.08. The van der Waals surface area contributed by atoms with Gasteiger partial charge in [-0.2, -0.15) is 0 Å². The Morgan fingerprint density at radius 3 is 2.19 bits per heavy atom. The maximum Gasteiger partial charge on any atom is 0.255 e. The first-order valence-corrected chi connectivity index (χ1v) is 6.72. The van der Waals surface area contributed by atoms with Crippen LogP contribution in [0.1, 0.15) is 28.4 Å². The fourth-order valence-corrected chi connectivity index (χ4v) is 1.99. The molecule has 0 radical (unpaired) electrons. The topological polar surface area (TPSA) is 58.2 Å². The summed E-state index contributed by atoms with van der Waals surface area (Å²) in [4.78, 5) is 23.2. The van der Waals surface area contributed by atoms with Gasteiger partial charge in [0.25, 0.3) is 5.91 Å². The van der Waals surface area contributed by atoms with Gasteiger partial charge in [0, 0.05) is 23.9 Å². The van der Waals surface area contributed by atoms with Gasteiger partial charge in [-0.3, -0.25) is 9.59 Å². The fourth-order valence-electron chi connectivity index (χ4n) is 1.99. The van der Waals surface area contributed by atoms with Crippen molar-refractivity contribution in [1.82, 2.24) is 0 Å². The van der Waals surface area contributed by atoms with Gasteiger partial charge < -0.3 is 10.6 Å². The second-order valence-electron chi connectivity index (χ2n) is 4.96. The van der Waals surface area contributed by atoms with E-state index in [1.165, 1.54) is 6.92 Å². The van der Waals surface area contributed by atoms with Gasteiger partial charge in [-0.25, -0.2) is 0 Å². The third-order valence-corrected chi connectivity index (χ3v) is 3.32. The van der Waals surface area contributed by atoms with Crippen LogP contribution in [0.25, 0.3) is 0 Å². The zero-order valence-electron chi connectivity index (χ0n) is 12.4. The molecule has 2 N–H and O–H groups in total. The van der Waals surface area contributed by atoms with E-state index in [0.717, 1.165) is 16.8 Å². The third-order valence-electron chi connectivity index (χ3n) is 3.32.